The second kappa shape index (κ2) is 4.82. The van der Waals surface area contributed by atoms with Gasteiger partial charge in [-0.3, -0.25) is 4.79 Å². The van der Waals surface area contributed by atoms with Crippen molar-refractivity contribution >= 4 is 11.6 Å². The van der Waals surface area contributed by atoms with Gasteiger partial charge in [-0.1, -0.05) is 0 Å². The first kappa shape index (κ1) is 11.6. The van der Waals surface area contributed by atoms with Crippen molar-refractivity contribution in [1.29, 1.82) is 0 Å². The highest BCUT2D eigenvalue weighted by molar-refractivity contribution is 5.93. The maximum Gasteiger partial charge on any atom is 0.248 e. The van der Waals surface area contributed by atoms with Crippen molar-refractivity contribution in [3.05, 3.63) is 29.8 Å². The van der Waals surface area contributed by atoms with Gasteiger partial charge in [0.2, 0.25) is 5.91 Å². The number of rotatable bonds is 4. The molecule has 0 fully saturated rings. The third-order valence-corrected chi connectivity index (χ3v) is 2.45. The average molecular weight is 206 g/mol. The van der Waals surface area contributed by atoms with E-state index >= 15 is 0 Å². The van der Waals surface area contributed by atoms with Gasteiger partial charge in [-0.15, -0.1) is 0 Å². The fraction of sp³-hybridized carbons (Fsp3) is 0.417. The lowest BCUT2D eigenvalue weighted by Crippen LogP contribution is -2.30. The van der Waals surface area contributed by atoms with E-state index in [1.807, 2.05) is 12.1 Å². The van der Waals surface area contributed by atoms with Crippen molar-refractivity contribution in [1.82, 2.24) is 0 Å². The summed E-state index contributed by atoms with van der Waals surface area (Å²) in [4.78, 5) is 13.1. The van der Waals surface area contributed by atoms with Crippen LogP contribution in [0.1, 0.15) is 31.1 Å². The second-order valence-corrected chi connectivity index (χ2v) is 3.79. The van der Waals surface area contributed by atoms with Gasteiger partial charge in [-0.25, -0.2) is 0 Å². The topological polar surface area (TPSA) is 46.3 Å². The van der Waals surface area contributed by atoms with Crippen LogP contribution in [0.25, 0.3) is 0 Å². The minimum atomic E-state index is -0.380. The molecular formula is C12H18N2O. The molecule has 0 aromatic heterocycles. The Kier molecular flexibility index (Phi) is 3.72. The number of benzene rings is 1. The summed E-state index contributed by atoms with van der Waals surface area (Å²) in [6.45, 7) is 7.35. The highest BCUT2D eigenvalue weighted by Crippen LogP contribution is 2.17. The molecule has 1 amide bonds. The summed E-state index contributed by atoms with van der Waals surface area (Å²) < 4.78 is 0. The van der Waals surface area contributed by atoms with Crippen molar-refractivity contribution in [3.63, 3.8) is 0 Å². The second-order valence-electron chi connectivity index (χ2n) is 3.79. The summed E-state index contributed by atoms with van der Waals surface area (Å²) in [7, 11) is 0. The van der Waals surface area contributed by atoms with E-state index in [2.05, 4.69) is 25.7 Å². The minimum Gasteiger partial charge on any atom is -0.369 e. The summed E-state index contributed by atoms with van der Waals surface area (Å²) in [5.74, 6) is -0.380. The Morgan fingerprint density at radius 1 is 1.33 bits per heavy atom. The Hall–Kier alpha value is -1.51. The van der Waals surface area contributed by atoms with Gasteiger partial charge in [0, 0.05) is 23.8 Å². The van der Waals surface area contributed by atoms with Gasteiger partial charge in [-0.05, 0) is 45.0 Å². The molecule has 3 nitrogen and oxygen atoms in total. The van der Waals surface area contributed by atoms with Crippen molar-refractivity contribution in [2.24, 2.45) is 5.73 Å². The van der Waals surface area contributed by atoms with Crippen molar-refractivity contribution in [3.8, 4) is 0 Å². The van der Waals surface area contributed by atoms with Gasteiger partial charge in [-0.2, -0.15) is 0 Å². The number of primary amides is 1. The number of carbonyl (C=O) groups is 1. The monoisotopic (exact) mass is 206 g/mol. The summed E-state index contributed by atoms with van der Waals surface area (Å²) in [5.41, 5.74) is 6.86. The molecule has 0 heterocycles. The molecule has 0 atom stereocenters. The van der Waals surface area contributed by atoms with E-state index in [0.29, 0.717) is 11.6 Å². The zero-order valence-electron chi connectivity index (χ0n) is 9.53. The van der Waals surface area contributed by atoms with Gasteiger partial charge in [0.25, 0.3) is 0 Å². The first-order chi connectivity index (χ1) is 7.06. The van der Waals surface area contributed by atoms with Crippen LogP contribution in [0, 0.1) is 0 Å². The third kappa shape index (κ3) is 2.72. The molecule has 1 aromatic carbocycles. The number of nitrogens with two attached hydrogens (primary N) is 1. The van der Waals surface area contributed by atoms with Crippen LogP contribution in [0.5, 0.6) is 0 Å². The number of hydrogen-bond acceptors (Lipinski definition) is 2. The maximum atomic E-state index is 10.9. The lowest BCUT2D eigenvalue weighted by molar-refractivity contribution is 0.100. The first-order valence-electron chi connectivity index (χ1n) is 5.22. The molecule has 0 bridgehead atoms. The van der Waals surface area contributed by atoms with E-state index in [-0.39, 0.29) is 5.91 Å². The highest BCUT2D eigenvalue weighted by atomic mass is 16.1. The smallest absolute Gasteiger partial charge is 0.248 e. The van der Waals surface area contributed by atoms with Gasteiger partial charge in [0.15, 0.2) is 0 Å². The van der Waals surface area contributed by atoms with E-state index in [9.17, 15) is 4.79 Å². The van der Waals surface area contributed by atoms with Gasteiger partial charge in [0.1, 0.15) is 0 Å². The fourth-order valence-corrected chi connectivity index (χ4v) is 1.66. The summed E-state index contributed by atoms with van der Waals surface area (Å²) >= 11 is 0. The average Bonchev–Trinajstić information content (AvgIpc) is 2.19. The molecule has 3 heteroatoms. The predicted octanol–water partition coefficient (Wildman–Crippen LogP) is 2.02. The van der Waals surface area contributed by atoms with E-state index in [0.717, 1.165) is 12.2 Å². The van der Waals surface area contributed by atoms with Gasteiger partial charge in [0.05, 0.1) is 0 Å². The number of carbonyl (C=O) groups excluding carboxylic acids is 1. The quantitative estimate of drug-likeness (QED) is 0.819. The summed E-state index contributed by atoms with van der Waals surface area (Å²) in [6.07, 6.45) is 0. The number of amides is 1. The molecule has 0 unspecified atom stereocenters. The standard InChI is InChI=1S/C12H18N2O/c1-4-14(9(2)3)11-7-5-10(6-8-11)12(13)15/h5-9H,4H2,1-3H3,(H2,13,15). The normalized spacial score (nSPS) is 10.4. The lowest BCUT2D eigenvalue weighted by atomic mass is 10.1. The molecule has 2 N–H and O–H groups in total. The predicted molar refractivity (Wildman–Crippen MR) is 63.1 cm³/mol. The Labute approximate surface area is 90.9 Å². The Morgan fingerprint density at radius 3 is 2.20 bits per heavy atom. The zero-order valence-corrected chi connectivity index (χ0v) is 9.53. The van der Waals surface area contributed by atoms with Crippen LogP contribution >= 0.6 is 0 Å². The van der Waals surface area contributed by atoms with E-state index in [1.54, 1.807) is 12.1 Å². The Morgan fingerprint density at radius 2 is 1.87 bits per heavy atom. The molecule has 82 valence electrons. The van der Waals surface area contributed by atoms with E-state index in [1.165, 1.54) is 0 Å². The van der Waals surface area contributed by atoms with Crippen LogP contribution in [0.4, 0.5) is 5.69 Å². The minimum absolute atomic E-state index is 0.380. The molecule has 15 heavy (non-hydrogen) atoms. The van der Waals surface area contributed by atoms with Crippen molar-refractivity contribution < 1.29 is 4.79 Å². The molecule has 1 aromatic rings. The highest BCUT2D eigenvalue weighted by Gasteiger charge is 2.08. The Bertz CT molecular complexity index is 330. The zero-order chi connectivity index (χ0) is 11.4. The molecule has 1 rings (SSSR count). The largest absolute Gasteiger partial charge is 0.369 e. The Balaban J connectivity index is 2.92. The van der Waals surface area contributed by atoms with Crippen LogP contribution < -0.4 is 10.6 Å². The molecule has 0 aliphatic carbocycles. The summed E-state index contributed by atoms with van der Waals surface area (Å²) in [5, 5.41) is 0. The van der Waals surface area contributed by atoms with Crippen LogP contribution in [0.2, 0.25) is 0 Å². The first-order valence-corrected chi connectivity index (χ1v) is 5.22. The van der Waals surface area contributed by atoms with Crippen LogP contribution in [0.15, 0.2) is 24.3 Å². The van der Waals surface area contributed by atoms with Crippen LogP contribution in [-0.2, 0) is 0 Å². The van der Waals surface area contributed by atoms with Gasteiger partial charge < -0.3 is 10.6 Å². The fourth-order valence-electron chi connectivity index (χ4n) is 1.66. The lowest BCUT2D eigenvalue weighted by Gasteiger charge is -2.27. The third-order valence-electron chi connectivity index (χ3n) is 2.45. The SMILES string of the molecule is CCN(c1ccc(C(N)=O)cc1)C(C)C. The van der Waals surface area contributed by atoms with E-state index < -0.39 is 0 Å². The van der Waals surface area contributed by atoms with Crippen LogP contribution in [-0.4, -0.2) is 18.5 Å². The molecule has 0 saturated carbocycles. The molecule has 0 saturated heterocycles. The molecule has 0 aliphatic heterocycles. The van der Waals surface area contributed by atoms with Crippen molar-refractivity contribution in [2.45, 2.75) is 26.8 Å². The molecule has 0 spiro atoms. The van der Waals surface area contributed by atoms with Gasteiger partial charge >= 0.3 is 0 Å². The number of anilines is 1. The molecule has 0 radical (unpaired) electrons. The summed E-state index contributed by atoms with van der Waals surface area (Å²) in [6, 6.07) is 7.85. The van der Waals surface area contributed by atoms with Crippen molar-refractivity contribution in [2.75, 3.05) is 11.4 Å². The van der Waals surface area contributed by atoms with Crippen LogP contribution in [0.3, 0.4) is 0 Å². The van der Waals surface area contributed by atoms with E-state index in [4.69, 9.17) is 5.73 Å². The number of nitrogens with zero attached hydrogens (tertiary/aromatic N) is 1. The number of hydrogen-bond donors (Lipinski definition) is 1. The molecule has 0 aliphatic rings. The maximum absolute atomic E-state index is 10.9. The molecular weight excluding hydrogens is 188 g/mol.